The van der Waals surface area contributed by atoms with Gasteiger partial charge in [0, 0.05) is 35.7 Å². The number of hydrogen-bond acceptors (Lipinski definition) is 3. The highest BCUT2D eigenvalue weighted by atomic mass is 16.4. The number of fused-ring (bicyclic) bond motifs is 1. The number of carbonyl (C=O) groups is 3. The van der Waals surface area contributed by atoms with Gasteiger partial charge in [0.25, 0.3) is 0 Å². The first kappa shape index (κ1) is 15.3. The lowest BCUT2D eigenvalue weighted by Gasteiger charge is -2.12. The number of benzene rings is 1. The topological polar surface area (TPSA) is 119 Å². The highest BCUT2D eigenvalue weighted by molar-refractivity contribution is 5.96. The second-order valence-electron chi connectivity index (χ2n) is 4.63. The lowest BCUT2D eigenvalue weighted by Crippen LogP contribution is -2.41. The number of H-pyrrole nitrogens is 1. The van der Waals surface area contributed by atoms with Crippen molar-refractivity contribution >= 4 is 28.7 Å². The quantitative estimate of drug-likeness (QED) is 0.591. The maximum atomic E-state index is 11.5. The average molecular weight is 302 g/mol. The number of carbonyl (C=O) groups excluding carboxylic acids is 1. The largest absolute Gasteiger partial charge is 0.480 e. The molecule has 0 aliphatic heterocycles. The first-order chi connectivity index (χ1) is 10.5. The molecule has 7 nitrogen and oxygen atoms in total. The van der Waals surface area contributed by atoms with Crippen LogP contribution < -0.4 is 5.32 Å². The summed E-state index contributed by atoms with van der Waals surface area (Å²) >= 11 is 0. The van der Waals surface area contributed by atoms with Crippen LogP contribution in [0.2, 0.25) is 0 Å². The molecule has 1 heterocycles. The Morgan fingerprint density at radius 3 is 2.59 bits per heavy atom. The van der Waals surface area contributed by atoms with Gasteiger partial charge in [-0.05, 0) is 11.6 Å². The first-order valence-electron chi connectivity index (χ1n) is 6.46. The van der Waals surface area contributed by atoms with Crippen molar-refractivity contribution in [2.45, 2.75) is 12.5 Å². The Kier molecular flexibility index (Phi) is 4.57. The fourth-order valence-corrected chi connectivity index (χ4v) is 2.09. The predicted octanol–water partition coefficient (Wildman–Crippen LogP) is 0.921. The zero-order valence-electron chi connectivity index (χ0n) is 11.4. The van der Waals surface area contributed by atoms with Gasteiger partial charge < -0.3 is 20.5 Å². The Morgan fingerprint density at radius 2 is 1.91 bits per heavy atom. The minimum Gasteiger partial charge on any atom is -0.480 e. The van der Waals surface area contributed by atoms with Gasteiger partial charge in [0.05, 0.1) is 0 Å². The van der Waals surface area contributed by atoms with Gasteiger partial charge in [0.1, 0.15) is 6.04 Å². The zero-order chi connectivity index (χ0) is 16.1. The Hall–Kier alpha value is -3.09. The van der Waals surface area contributed by atoms with E-state index in [0.29, 0.717) is 6.08 Å². The van der Waals surface area contributed by atoms with E-state index in [2.05, 4.69) is 10.3 Å². The monoisotopic (exact) mass is 302 g/mol. The van der Waals surface area contributed by atoms with Crippen molar-refractivity contribution in [2.75, 3.05) is 0 Å². The van der Waals surface area contributed by atoms with Crippen molar-refractivity contribution in [3.8, 4) is 0 Å². The van der Waals surface area contributed by atoms with E-state index in [0.717, 1.165) is 22.5 Å². The van der Waals surface area contributed by atoms with E-state index >= 15 is 0 Å². The number of carboxylic acid groups (broad SMARTS) is 2. The van der Waals surface area contributed by atoms with E-state index in [1.54, 1.807) is 6.20 Å². The van der Waals surface area contributed by atoms with E-state index in [9.17, 15) is 19.5 Å². The van der Waals surface area contributed by atoms with Gasteiger partial charge in [-0.3, -0.25) is 4.79 Å². The normalized spacial score (nSPS) is 12.4. The molecular weight excluding hydrogens is 288 g/mol. The first-order valence-corrected chi connectivity index (χ1v) is 6.46. The zero-order valence-corrected chi connectivity index (χ0v) is 11.4. The molecule has 114 valence electrons. The standard InChI is InChI=1S/C15H14N2O5/c18-13(5-6-14(19)20)17-12(15(21)22)7-9-8-16-11-4-2-1-3-10(9)11/h1-6,8,12,16H,7H2,(H,17,18)(H,19,20)(H,21,22). The van der Waals surface area contributed by atoms with Crippen LogP contribution in [-0.4, -0.2) is 39.1 Å². The summed E-state index contributed by atoms with van der Waals surface area (Å²) in [5.74, 6) is -3.24. The number of aromatic nitrogens is 1. The minimum atomic E-state index is -1.28. The summed E-state index contributed by atoms with van der Waals surface area (Å²) in [6, 6.07) is 6.26. The molecule has 2 rings (SSSR count). The van der Waals surface area contributed by atoms with Gasteiger partial charge in [0.15, 0.2) is 0 Å². The summed E-state index contributed by atoms with van der Waals surface area (Å²) in [6.45, 7) is 0. The molecule has 0 fully saturated rings. The van der Waals surface area contributed by atoms with Crippen molar-refractivity contribution in [2.24, 2.45) is 0 Å². The van der Waals surface area contributed by atoms with Crippen molar-refractivity contribution in [3.63, 3.8) is 0 Å². The molecule has 1 aromatic carbocycles. The Balaban J connectivity index is 2.14. The van der Waals surface area contributed by atoms with E-state index in [1.807, 2.05) is 24.3 Å². The average Bonchev–Trinajstić information content (AvgIpc) is 2.87. The van der Waals surface area contributed by atoms with Gasteiger partial charge in [-0.2, -0.15) is 0 Å². The molecule has 2 aromatic rings. The summed E-state index contributed by atoms with van der Waals surface area (Å²) in [5.41, 5.74) is 1.63. The third kappa shape index (κ3) is 3.72. The van der Waals surface area contributed by atoms with Crippen LogP contribution in [-0.2, 0) is 20.8 Å². The van der Waals surface area contributed by atoms with Crippen LogP contribution in [0.5, 0.6) is 0 Å². The number of nitrogens with one attached hydrogen (secondary N) is 2. The van der Waals surface area contributed by atoms with Gasteiger partial charge in [-0.25, -0.2) is 9.59 Å². The number of para-hydroxylation sites is 1. The highest BCUT2D eigenvalue weighted by Gasteiger charge is 2.21. The number of carboxylic acids is 2. The van der Waals surface area contributed by atoms with Crippen LogP contribution in [0.25, 0.3) is 10.9 Å². The number of rotatable bonds is 6. The molecule has 1 aromatic heterocycles. The van der Waals surface area contributed by atoms with Crippen LogP contribution in [0.4, 0.5) is 0 Å². The lowest BCUT2D eigenvalue weighted by molar-refractivity contribution is -0.141. The van der Waals surface area contributed by atoms with Crippen molar-refractivity contribution in [1.82, 2.24) is 10.3 Å². The van der Waals surface area contributed by atoms with Crippen LogP contribution in [0, 0.1) is 0 Å². The summed E-state index contributed by atoms with van der Waals surface area (Å²) < 4.78 is 0. The molecule has 22 heavy (non-hydrogen) atoms. The molecule has 0 bridgehead atoms. The molecule has 0 saturated carbocycles. The molecule has 0 saturated heterocycles. The highest BCUT2D eigenvalue weighted by Crippen LogP contribution is 2.19. The number of aromatic amines is 1. The van der Waals surface area contributed by atoms with Crippen molar-refractivity contribution < 1.29 is 24.6 Å². The second kappa shape index (κ2) is 6.57. The molecule has 0 spiro atoms. The molecule has 7 heteroatoms. The second-order valence-corrected chi connectivity index (χ2v) is 4.63. The van der Waals surface area contributed by atoms with Crippen LogP contribution >= 0.6 is 0 Å². The van der Waals surface area contributed by atoms with E-state index < -0.39 is 23.9 Å². The molecular formula is C15H14N2O5. The minimum absolute atomic E-state index is 0.0893. The molecule has 0 radical (unpaired) electrons. The molecule has 0 aliphatic rings. The van der Waals surface area contributed by atoms with E-state index in [-0.39, 0.29) is 6.42 Å². The molecule has 1 amide bonds. The molecule has 0 aliphatic carbocycles. The fraction of sp³-hybridized carbons (Fsp3) is 0.133. The summed E-state index contributed by atoms with van der Waals surface area (Å²) in [4.78, 5) is 36.2. The van der Waals surface area contributed by atoms with Gasteiger partial charge >= 0.3 is 11.9 Å². The lowest BCUT2D eigenvalue weighted by atomic mass is 10.0. The predicted molar refractivity (Wildman–Crippen MR) is 78.3 cm³/mol. The smallest absolute Gasteiger partial charge is 0.328 e. The third-order valence-corrected chi connectivity index (χ3v) is 3.09. The van der Waals surface area contributed by atoms with E-state index in [4.69, 9.17) is 5.11 Å². The Bertz CT molecular complexity index is 747. The fourth-order valence-electron chi connectivity index (χ4n) is 2.09. The maximum absolute atomic E-state index is 11.5. The number of amides is 1. The molecule has 1 atom stereocenters. The van der Waals surface area contributed by atoms with Crippen molar-refractivity contribution in [3.05, 3.63) is 48.2 Å². The SMILES string of the molecule is O=C(O)C=CC(=O)NC(Cc1c[nH]c2ccccc12)C(=O)O. The van der Waals surface area contributed by atoms with Crippen LogP contribution in [0.3, 0.4) is 0 Å². The Labute approximate surface area is 125 Å². The van der Waals surface area contributed by atoms with Crippen LogP contribution in [0.15, 0.2) is 42.6 Å². The van der Waals surface area contributed by atoms with Crippen LogP contribution in [0.1, 0.15) is 5.56 Å². The summed E-state index contributed by atoms with van der Waals surface area (Å²) in [7, 11) is 0. The number of hydrogen-bond donors (Lipinski definition) is 4. The maximum Gasteiger partial charge on any atom is 0.328 e. The molecule has 4 N–H and O–H groups in total. The summed E-state index contributed by atoms with van der Waals surface area (Å²) in [5, 5.41) is 20.8. The molecule has 1 unspecified atom stereocenters. The third-order valence-electron chi connectivity index (χ3n) is 3.09. The van der Waals surface area contributed by atoms with Crippen molar-refractivity contribution in [1.29, 1.82) is 0 Å². The van der Waals surface area contributed by atoms with Gasteiger partial charge in [-0.1, -0.05) is 18.2 Å². The van der Waals surface area contributed by atoms with Gasteiger partial charge in [-0.15, -0.1) is 0 Å². The number of aliphatic carboxylic acids is 2. The Morgan fingerprint density at radius 1 is 1.18 bits per heavy atom. The van der Waals surface area contributed by atoms with E-state index in [1.165, 1.54) is 0 Å². The van der Waals surface area contributed by atoms with Gasteiger partial charge in [0.2, 0.25) is 5.91 Å². The summed E-state index contributed by atoms with van der Waals surface area (Å²) in [6.07, 6.45) is 3.22.